The molecule has 2 N–H and O–H groups in total. The topological polar surface area (TPSA) is 67.6 Å². The molecule has 0 bridgehead atoms. The van der Waals surface area contributed by atoms with Crippen LogP contribution in [0.25, 0.3) is 0 Å². The van der Waals surface area contributed by atoms with Crippen molar-refractivity contribution in [3.05, 3.63) is 12.5 Å². The van der Waals surface area contributed by atoms with E-state index in [4.69, 9.17) is 11.0 Å². The highest BCUT2D eigenvalue weighted by atomic mass is 15.1. The second-order valence-corrected chi connectivity index (χ2v) is 2.05. The van der Waals surface area contributed by atoms with E-state index in [1.165, 1.54) is 0 Å². The first kappa shape index (κ1) is 6.62. The zero-order chi connectivity index (χ0) is 7.56. The summed E-state index contributed by atoms with van der Waals surface area (Å²) < 4.78 is 1.66. The van der Waals surface area contributed by atoms with Gasteiger partial charge in [-0.15, -0.1) is 0 Å². The third-order valence-electron chi connectivity index (χ3n) is 1.26. The lowest BCUT2D eigenvalue weighted by atomic mass is 10.4. The molecule has 0 aromatic carbocycles. The fourth-order valence-corrected chi connectivity index (χ4v) is 0.631. The van der Waals surface area contributed by atoms with Crippen molar-refractivity contribution < 1.29 is 0 Å². The number of imidazole rings is 1. The van der Waals surface area contributed by atoms with Gasteiger partial charge < -0.3 is 10.3 Å². The standard InChI is InChI=1S/C6H8N4/c1-5(2-7)10-3-6(8)9-4-10/h3-5H,8H2,1H3. The summed E-state index contributed by atoms with van der Waals surface area (Å²) in [6.45, 7) is 1.78. The van der Waals surface area contributed by atoms with Gasteiger partial charge in [-0.25, -0.2) is 4.98 Å². The summed E-state index contributed by atoms with van der Waals surface area (Å²) >= 11 is 0. The number of nitrogen functional groups attached to an aromatic ring is 1. The van der Waals surface area contributed by atoms with E-state index in [0.29, 0.717) is 5.82 Å². The van der Waals surface area contributed by atoms with Crippen molar-refractivity contribution in [3.8, 4) is 6.07 Å². The molecule has 0 aliphatic rings. The van der Waals surface area contributed by atoms with Gasteiger partial charge in [0.1, 0.15) is 11.9 Å². The SMILES string of the molecule is CC(C#N)n1cnc(N)c1. The lowest BCUT2D eigenvalue weighted by Gasteiger charge is -1.99. The van der Waals surface area contributed by atoms with Crippen molar-refractivity contribution in [2.45, 2.75) is 13.0 Å². The predicted octanol–water partition coefficient (Wildman–Crippen LogP) is 0.550. The number of anilines is 1. The van der Waals surface area contributed by atoms with Crippen LogP contribution in [0.3, 0.4) is 0 Å². The molecule has 0 radical (unpaired) electrons. The van der Waals surface area contributed by atoms with E-state index in [9.17, 15) is 0 Å². The van der Waals surface area contributed by atoms with Gasteiger partial charge >= 0.3 is 0 Å². The van der Waals surface area contributed by atoms with Crippen LogP contribution in [0.2, 0.25) is 0 Å². The molecular formula is C6H8N4. The van der Waals surface area contributed by atoms with Crippen molar-refractivity contribution in [2.75, 3.05) is 5.73 Å². The number of nitrogens with two attached hydrogens (primary N) is 1. The van der Waals surface area contributed by atoms with Crippen LogP contribution in [0, 0.1) is 11.3 Å². The van der Waals surface area contributed by atoms with Crippen molar-refractivity contribution in [2.24, 2.45) is 0 Å². The third-order valence-corrected chi connectivity index (χ3v) is 1.26. The van der Waals surface area contributed by atoms with E-state index in [2.05, 4.69) is 11.1 Å². The van der Waals surface area contributed by atoms with Gasteiger partial charge in [0.15, 0.2) is 0 Å². The molecule has 1 atom stereocenters. The molecule has 4 heteroatoms. The normalized spacial score (nSPS) is 12.4. The van der Waals surface area contributed by atoms with Gasteiger partial charge in [-0.3, -0.25) is 0 Å². The highest BCUT2D eigenvalue weighted by Crippen LogP contribution is 2.05. The molecule has 1 aromatic heterocycles. The molecule has 10 heavy (non-hydrogen) atoms. The Morgan fingerprint density at radius 2 is 2.60 bits per heavy atom. The maximum absolute atomic E-state index is 8.46. The van der Waals surface area contributed by atoms with Crippen LogP contribution >= 0.6 is 0 Å². The first-order chi connectivity index (χ1) is 4.74. The Morgan fingerprint density at radius 1 is 1.90 bits per heavy atom. The van der Waals surface area contributed by atoms with Gasteiger partial charge in [-0.2, -0.15) is 5.26 Å². The van der Waals surface area contributed by atoms with Gasteiger partial charge in [0.05, 0.1) is 12.4 Å². The average Bonchev–Trinajstić information content (AvgIpc) is 2.34. The van der Waals surface area contributed by atoms with Gasteiger partial charge in [-0.05, 0) is 6.92 Å². The third kappa shape index (κ3) is 1.08. The highest BCUT2D eigenvalue weighted by Gasteiger charge is 2.00. The molecule has 1 heterocycles. The zero-order valence-corrected chi connectivity index (χ0v) is 5.65. The van der Waals surface area contributed by atoms with Gasteiger partial charge in [0.2, 0.25) is 0 Å². The van der Waals surface area contributed by atoms with E-state index in [-0.39, 0.29) is 6.04 Å². The second kappa shape index (κ2) is 2.40. The molecule has 0 aliphatic heterocycles. The molecule has 4 nitrogen and oxygen atoms in total. The van der Waals surface area contributed by atoms with Crippen molar-refractivity contribution in [1.82, 2.24) is 9.55 Å². The Hall–Kier alpha value is -1.50. The van der Waals surface area contributed by atoms with E-state index in [0.717, 1.165) is 0 Å². The van der Waals surface area contributed by atoms with E-state index < -0.39 is 0 Å². The molecule has 1 aromatic rings. The quantitative estimate of drug-likeness (QED) is 0.613. The Bertz CT molecular complexity index is 257. The largest absolute Gasteiger partial charge is 0.382 e. The molecule has 1 rings (SSSR count). The van der Waals surface area contributed by atoms with Crippen LogP contribution in [0.15, 0.2) is 12.5 Å². The van der Waals surface area contributed by atoms with Crippen LogP contribution in [0.5, 0.6) is 0 Å². The summed E-state index contributed by atoms with van der Waals surface area (Å²) in [5.41, 5.74) is 5.33. The highest BCUT2D eigenvalue weighted by molar-refractivity contribution is 5.23. The summed E-state index contributed by atoms with van der Waals surface area (Å²) in [6, 6.07) is 1.87. The minimum absolute atomic E-state index is 0.190. The minimum atomic E-state index is -0.190. The van der Waals surface area contributed by atoms with E-state index >= 15 is 0 Å². The number of nitrogens with zero attached hydrogens (tertiary/aromatic N) is 3. The fraction of sp³-hybridized carbons (Fsp3) is 0.333. The second-order valence-electron chi connectivity index (χ2n) is 2.05. The van der Waals surface area contributed by atoms with Crippen LogP contribution in [0.4, 0.5) is 5.82 Å². The maximum Gasteiger partial charge on any atom is 0.141 e. The molecule has 0 spiro atoms. The van der Waals surface area contributed by atoms with E-state index in [1.54, 1.807) is 24.0 Å². The lowest BCUT2D eigenvalue weighted by Crippen LogP contribution is -1.98. The lowest BCUT2D eigenvalue weighted by molar-refractivity contribution is 0.672. The Labute approximate surface area is 58.9 Å². The zero-order valence-electron chi connectivity index (χ0n) is 5.65. The van der Waals surface area contributed by atoms with Crippen LogP contribution in [0.1, 0.15) is 13.0 Å². The Kier molecular flexibility index (Phi) is 1.59. The fourth-order valence-electron chi connectivity index (χ4n) is 0.631. The van der Waals surface area contributed by atoms with Crippen LogP contribution in [-0.2, 0) is 0 Å². The van der Waals surface area contributed by atoms with Crippen molar-refractivity contribution in [1.29, 1.82) is 5.26 Å². The molecular weight excluding hydrogens is 128 g/mol. The number of rotatable bonds is 1. The summed E-state index contributed by atoms with van der Waals surface area (Å²) in [6.07, 6.45) is 3.18. The van der Waals surface area contributed by atoms with Gasteiger partial charge in [0, 0.05) is 6.20 Å². The Balaban J connectivity index is 2.87. The summed E-state index contributed by atoms with van der Waals surface area (Å²) in [4.78, 5) is 3.78. The molecule has 52 valence electrons. The molecule has 0 aliphatic carbocycles. The van der Waals surface area contributed by atoms with Gasteiger partial charge in [0.25, 0.3) is 0 Å². The minimum Gasteiger partial charge on any atom is -0.382 e. The molecule has 0 amide bonds. The Morgan fingerprint density at radius 3 is 3.00 bits per heavy atom. The van der Waals surface area contributed by atoms with Crippen molar-refractivity contribution in [3.63, 3.8) is 0 Å². The first-order valence-electron chi connectivity index (χ1n) is 2.92. The van der Waals surface area contributed by atoms with E-state index in [1.807, 2.05) is 0 Å². The molecule has 0 fully saturated rings. The molecule has 0 saturated heterocycles. The molecule has 0 saturated carbocycles. The van der Waals surface area contributed by atoms with Crippen LogP contribution < -0.4 is 5.73 Å². The average molecular weight is 136 g/mol. The van der Waals surface area contributed by atoms with Crippen LogP contribution in [-0.4, -0.2) is 9.55 Å². The smallest absolute Gasteiger partial charge is 0.141 e. The number of aromatic nitrogens is 2. The van der Waals surface area contributed by atoms with Gasteiger partial charge in [-0.1, -0.05) is 0 Å². The number of hydrogen-bond acceptors (Lipinski definition) is 3. The predicted molar refractivity (Wildman–Crippen MR) is 37.0 cm³/mol. The van der Waals surface area contributed by atoms with Crippen molar-refractivity contribution >= 4 is 5.82 Å². The summed E-state index contributed by atoms with van der Waals surface area (Å²) in [5.74, 6) is 0.446. The summed E-state index contributed by atoms with van der Waals surface area (Å²) in [5, 5.41) is 8.46. The number of hydrogen-bond donors (Lipinski definition) is 1. The first-order valence-corrected chi connectivity index (χ1v) is 2.92. The summed E-state index contributed by atoms with van der Waals surface area (Å²) in [7, 11) is 0. The monoisotopic (exact) mass is 136 g/mol. The molecule has 1 unspecified atom stereocenters. The maximum atomic E-state index is 8.46. The number of nitriles is 1.